The predicted octanol–water partition coefficient (Wildman–Crippen LogP) is 5.29. The molecular weight excluding hydrogens is 455 g/mol. The Morgan fingerprint density at radius 3 is 2.26 bits per heavy atom. The number of carbonyl (C=O) groups excluding carboxylic acids is 1. The highest BCUT2D eigenvalue weighted by Crippen LogP contribution is 2.30. The van der Waals surface area contributed by atoms with E-state index < -0.39 is 16.1 Å². The molecule has 1 amide bonds. The van der Waals surface area contributed by atoms with Crippen LogP contribution in [-0.2, 0) is 27.7 Å². The van der Waals surface area contributed by atoms with Gasteiger partial charge in [0.25, 0.3) is 0 Å². The van der Waals surface area contributed by atoms with E-state index in [1.54, 1.807) is 6.92 Å². The molecule has 2 atom stereocenters. The number of hydrogen-bond donors (Lipinski definition) is 1. The molecule has 0 aromatic heterocycles. The number of nitrogens with one attached hydrogen (secondary N) is 1. The summed E-state index contributed by atoms with van der Waals surface area (Å²) in [5, 5.41) is 3.59. The van der Waals surface area contributed by atoms with Gasteiger partial charge in [-0.15, -0.1) is 0 Å². The molecule has 3 rings (SSSR count). The van der Waals surface area contributed by atoms with Gasteiger partial charge in [0.05, 0.1) is 18.0 Å². The Balaban J connectivity index is 1.86. The van der Waals surface area contributed by atoms with Crippen molar-refractivity contribution >= 4 is 44.8 Å². The van der Waals surface area contributed by atoms with Crippen LogP contribution in [-0.4, -0.2) is 26.6 Å². The third-order valence-electron chi connectivity index (χ3n) is 5.66. The summed E-state index contributed by atoms with van der Waals surface area (Å²) in [5.74, 6) is -0.366. The zero-order chi connectivity index (χ0) is 22.8. The summed E-state index contributed by atoms with van der Waals surface area (Å²) >= 11 is 12.2. The van der Waals surface area contributed by atoms with E-state index in [0.717, 1.165) is 29.0 Å². The topological polar surface area (TPSA) is 66.5 Å². The quantitative estimate of drug-likeness (QED) is 0.582. The number of aryl methyl sites for hydroxylation is 2. The molecule has 1 aliphatic carbocycles. The van der Waals surface area contributed by atoms with Crippen molar-refractivity contribution in [2.45, 2.75) is 58.0 Å². The second kappa shape index (κ2) is 9.80. The Labute approximate surface area is 194 Å². The first-order valence-corrected chi connectivity index (χ1v) is 13.1. The Morgan fingerprint density at radius 2 is 1.68 bits per heavy atom. The number of nitrogens with zero attached hydrogens (tertiary/aromatic N) is 1. The summed E-state index contributed by atoms with van der Waals surface area (Å²) in [6.07, 6.45) is 5.91. The van der Waals surface area contributed by atoms with Gasteiger partial charge in [0.15, 0.2) is 0 Å². The van der Waals surface area contributed by atoms with Crippen molar-refractivity contribution in [2.24, 2.45) is 0 Å². The lowest BCUT2D eigenvalue weighted by Gasteiger charge is -2.31. The minimum Gasteiger partial charge on any atom is -0.348 e. The van der Waals surface area contributed by atoms with Gasteiger partial charge in [-0.3, -0.25) is 9.10 Å². The fraction of sp³-hybridized carbons (Fsp3) is 0.435. The summed E-state index contributed by atoms with van der Waals surface area (Å²) in [4.78, 5) is 13.2. The van der Waals surface area contributed by atoms with Crippen LogP contribution in [0.25, 0.3) is 0 Å². The predicted molar refractivity (Wildman–Crippen MR) is 128 cm³/mol. The average molecular weight is 483 g/mol. The van der Waals surface area contributed by atoms with Crippen LogP contribution in [0.3, 0.4) is 0 Å². The van der Waals surface area contributed by atoms with E-state index in [9.17, 15) is 13.2 Å². The highest BCUT2D eigenvalue weighted by atomic mass is 35.5. The van der Waals surface area contributed by atoms with E-state index in [-0.39, 0.29) is 17.6 Å². The van der Waals surface area contributed by atoms with Crippen LogP contribution in [0.2, 0.25) is 10.0 Å². The molecule has 8 heteroatoms. The van der Waals surface area contributed by atoms with Gasteiger partial charge in [0.1, 0.15) is 6.04 Å². The van der Waals surface area contributed by atoms with Gasteiger partial charge in [-0.25, -0.2) is 8.42 Å². The Morgan fingerprint density at radius 1 is 1.06 bits per heavy atom. The van der Waals surface area contributed by atoms with Crippen LogP contribution in [0, 0.1) is 0 Å². The Kier molecular flexibility index (Phi) is 7.55. The number of halogens is 2. The largest absolute Gasteiger partial charge is 0.348 e. The minimum absolute atomic E-state index is 0.252. The Bertz CT molecular complexity index is 1050. The SMILES string of the molecule is CC[C@H](C(=O)N[C@H](C)c1ccc2c(c1)CCCC2)N(c1cc(Cl)cc(Cl)c1)S(C)(=O)=O. The lowest BCUT2D eigenvalue weighted by atomic mass is 9.89. The van der Waals surface area contributed by atoms with E-state index in [0.29, 0.717) is 16.5 Å². The van der Waals surface area contributed by atoms with Crippen LogP contribution in [0.15, 0.2) is 36.4 Å². The summed E-state index contributed by atoms with van der Waals surface area (Å²) in [5.41, 5.74) is 3.99. The zero-order valence-electron chi connectivity index (χ0n) is 18.0. The van der Waals surface area contributed by atoms with Gasteiger partial charge in [-0.2, -0.15) is 0 Å². The van der Waals surface area contributed by atoms with Crippen LogP contribution < -0.4 is 9.62 Å². The van der Waals surface area contributed by atoms with Crippen molar-refractivity contribution in [1.82, 2.24) is 5.32 Å². The third-order valence-corrected chi connectivity index (χ3v) is 7.28. The molecule has 0 aliphatic heterocycles. The first kappa shape index (κ1) is 23.9. The molecule has 168 valence electrons. The van der Waals surface area contributed by atoms with Crippen molar-refractivity contribution in [1.29, 1.82) is 0 Å². The highest BCUT2D eigenvalue weighted by molar-refractivity contribution is 7.92. The molecule has 2 aromatic carbocycles. The third kappa shape index (κ3) is 5.73. The monoisotopic (exact) mass is 482 g/mol. The number of sulfonamides is 1. The van der Waals surface area contributed by atoms with Crippen molar-refractivity contribution in [3.63, 3.8) is 0 Å². The lowest BCUT2D eigenvalue weighted by Crippen LogP contribution is -2.49. The molecule has 1 N–H and O–H groups in total. The normalized spacial score (nSPS) is 15.6. The molecule has 0 bridgehead atoms. The molecule has 31 heavy (non-hydrogen) atoms. The summed E-state index contributed by atoms with van der Waals surface area (Å²) in [6.45, 7) is 3.69. The van der Waals surface area contributed by atoms with Gasteiger partial charge >= 0.3 is 0 Å². The van der Waals surface area contributed by atoms with Gasteiger partial charge in [0, 0.05) is 10.0 Å². The standard InChI is InChI=1S/C23H28Cl2N2O3S/c1-4-22(27(31(3,29)30)21-13-19(24)12-20(25)14-21)23(28)26-15(2)17-10-9-16-7-5-6-8-18(16)11-17/h9-15,22H,4-8H2,1-3H3,(H,26,28)/t15-,22-/m1/s1. The first-order valence-electron chi connectivity index (χ1n) is 10.5. The van der Waals surface area contributed by atoms with E-state index >= 15 is 0 Å². The molecule has 0 heterocycles. The fourth-order valence-corrected chi connectivity index (χ4v) is 5.85. The maximum Gasteiger partial charge on any atom is 0.244 e. The van der Waals surface area contributed by atoms with Gasteiger partial charge < -0.3 is 5.32 Å². The highest BCUT2D eigenvalue weighted by Gasteiger charge is 2.32. The van der Waals surface area contributed by atoms with Crippen molar-refractivity contribution in [2.75, 3.05) is 10.6 Å². The van der Waals surface area contributed by atoms with Gasteiger partial charge in [-0.1, -0.05) is 48.3 Å². The maximum atomic E-state index is 13.2. The minimum atomic E-state index is -3.77. The molecule has 0 saturated carbocycles. The molecule has 0 fully saturated rings. The Hall–Kier alpha value is -1.76. The molecule has 0 unspecified atom stereocenters. The smallest absolute Gasteiger partial charge is 0.244 e. The van der Waals surface area contributed by atoms with Crippen LogP contribution in [0.5, 0.6) is 0 Å². The van der Waals surface area contributed by atoms with E-state index in [2.05, 4.69) is 17.4 Å². The molecule has 2 aromatic rings. The summed E-state index contributed by atoms with van der Waals surface area (Å²) < 4.78 is 26.4. The van der Waals surface area contributed by atoms with Crippen molar-refractivity contribution < 1.29 is 13.2 Å². The number of carbonyl (C=O) groups is 1. The molecule has 0 radical (unpaired) electrons. The number of benzene rings is 2. The number of rotatable bonds is 7. The van der Waals surface area contributed by atoms with Gasteiger partial charge in [-0.05, 0) is 73.9 Å². The number of fused-ring (bicyclic) bond motifs is 1. The molecule has 5 nitrogen and oxygen atoms in total. The fourth-order valence-electron chi connectivity index (χ4n) is 4.14. The van der Waals surface area contributed by atoms with Gasteiger partial charge in [0.2, 0.25) is 15.9 Å². The molecule has 1 aliphatic rings. The maximum absolute atomic E-state index is 13.2. The van der Waals surface area contributed by atoms with E-state index in [1.807, 2.05) is 13.0 Å². The van der Waals surface area contributed by atoms with Crippen LogP contribution >= 0.6 is 23.2 Å². The average Bonchev–Trinajstić information content (AvgIpc) is 2.69. The van der Waals surface area contributed by atoms with Crippen LogP contribution in [0.4, 0.5) is 5.69 Å². The molecule has 0 spiro atoms. The number of hydrogen-bond acceptors (Lipinski definition) is 3. The molecule has 0 saturated heterocycles. The lowest BCUT2D eigenvalue weighted by molar-refractivity contribution is -0.122. The van der Waals surface area contributed by atoms with Crippen molar-refractivity contribution in [3.8, 4) is 0 Å². The first-order chi connectivity index (χ1) is 14.6. The number of amides is 1. The second-order valence-electron chi connectivity index (χ2n) is 8.08. The number of anilines is 1. The van der Waals surface area contributed by atoms with E-state index in [4.69, 9.17) is 23.2 Å². The molecular formula is C23H28Cl2N2O3S. The summed E-state index contributed by atoms with van der Waals surface area (Å²) in [7, 11) is -3.77. The van der Waals surface area contributed by atoms with Crippen molar-refractivity contribution in [3.05, 3.63) is 63.1 Å². The van der Waals surface area contributed by atoms with E-state index in [1.165, 1.54) is 42.2 Å². The summed E-state index contributed by atoms with van der Waals surface area (Å²) in [6, 6.07) is 9.68. The second-order valence-corrected chi connectivity index (χ2v) is 10.8. The van der Waals surface area contributed by atoms with Crippen LogP contribution in [0.1, 0.15) is 55.8 Å². The zero-order valence-corrected chi connectivity index (χ0v) is 20.3.